The van der Waals surface area contributed by atoms with Gasteiger partial charge in [-0.25, -0.2) is 4.39 Å². The van der Waals surface area contributed by atoms with E-state index in [9.17, 15) is 14.0 Å². The van der Waals surface area contributed by atoms with E-state index in [4.69, 9.17) is 9.84 Å². The fraction of sp³-hybridized carbons (Fsp3) is 0.0588. The third-order valence-electron chi connectivity index (χ3n) is 3.29. The normalized spacial score (nSPS) is 15.3. The van der Waals surface area contributed by atoms with Gasteiger partial charge in [-0.15, -0.1) is 0 Å². The third kappa shape index (κ3) is 3.06. The molecule has 1 aliphatic heterocycles. The summed E-state index contributed by atoms with van der Waals surface area (Å²) in [5.74, 6) is -1.70. The summed E-state index contributed by atoms with van der Waals surface area (Å²) in [5, 5.41) is 9.02. The summed E-state index contributed by atoms with van der Waals surface area (Å²) < 4.78 is 18.5. The van der Waals surface area contributed by atoms with E-state index in [1.807, 2.05) is 0 Å². The van der Waals surface area contributed by atoms with Crippen molar-refractivity contribution in [1.29, 1.82) is 0 Å². The molecule has 1 aliphatic rings. The van der Waals surface area contributed by atoms with Gasteiger partial charge in [0.1, 0.15) is 12.4 Å². The van der Waals surface area contributed by atoms with Crippen molar-refractivity contribution in [2.24, 2.45) is 0 Å². The number of hydrogen-bond acceptors (Lipinski definition) is 3. The molecule has 1 N–H and O–H groups in total. The van der Waals surface area contributed by atoms with Gasteiger partial charge in [0.15, 0.2) is 11.5 Å². The van der Waals surface area contributed by atoms with Gasteiger partial charge >= 0.3 is 5.97 Å². The number of anilines is 1. The van der Waals surface area contributed by atoms with Crippen molar-refractivity contribution in [2.45, 2.75) is 0 Å². The number of ether oxygens (including phenoxy) is 1. The zero-order chi connectivity index (χ0) is 16.4. The highest BCUT2D eigenvalue weighted by molar-refractivity contribution is 6.11. The molecular weight excluding hydrogens is 301 g/mol. The molecule has 6 heteroatoms. The van der Waals surface area contributed by atoms with Crippen LogP contribution in [0.3, 0.4) is 0 Å². The minimum absolute atomic E-state index is 0.0171. The summed E-state index contributed by atoms with van der Waals surface area (Å²) in [6, 6.07) is 12.2. The Morgan fingerprint density at radius 1 is 1.17 bits per heavy atom. The number of aliphatic carboxylic acids is 1. The number of carbonyl (C=O) groups is 2. The minimum Gasteiger partial charge on any atom is -0.480 e. The number of carbonyl (C=O) groups excluding carboxylic acids is 1. The van der Waals surface area contributed by atoms with Gasteiger partial charge in [0.05, 0.1) is 5.69 Å². The lowest BCUT2D eigenvalue weighted by Gasteiger charge is -2.29. The molecule has 3 rings (SSSR count). The number of benzene rings is 2. The van der Waals surface area contributed by atoms with Gasteiger partial charge in [0.25, 0.3) is 5.91 Å². The quantitative estimate of drug-likeness (QED) is 0.885. The molecule has 0 spiro atoms. The molecule has 23 heavy (non-hydrogen) atoms. The first kappa shape index (κ1) is 14.8. The van der Waals surface area contributed by atoms with E-state index >= 15 is 0 Å². The molecule has 5 nitrogen and oxygen atoms in total. The minimum atomic E-state index is -1.13. The molecule has 0 saturated heterocycles. The monoisotopic (exact) mass is 313 g/mol. The second-order valence-electron chi connectivity index (χ2n) is 4.91. The number of para-hydroxylation sites is 2. The lowest BCUT2D eigenvalue weighted by atomic mass is 10.1. The topological polar surface area (TPSA) is 66.8 Å². The van der Waals surface area contributed by atoms with E-state index in [0.29, 0.717) is 17.0 Å². The number of carboxylic acid groups (broad SMARTS) is 1. The summed E-state index contributed by atoms with van der Waals surface area (Å²) in [4.78, 5) is 24.7. The van der Waals surface area contributed by atoms with Crippen molar-refractivity contribution in [3.05, 3.63) is 65.7 Å². The van der Waals surface area contributed by atoms with Gasteiger partial charge in [-0.05, 0) is 35.9 Å². The SMILES string of the molecule is O=C(O)CN1C(=O)/C(=C\c2ccc(F)cc2)Oc2ccccc21. The molecule has 1 amide bonds. The van der Waals surface area contributed by atoms with Crippen LogP contribution < -0.4 is 9.64 Å². The predicted octanol–water partition coefficient (Wildman–Crippen LogP) is 2.68. The summed E-state index contributed by atoms with van der Waals surface area (Å²) in [7, 11) is 0. The fourth-order valence-corrected chi connectivity index (χ4v) is 2.26. The molecule has 0 unspecified atom stereocenters. The standard InChI is InChI=1S/C17H12FNO4/c18-12-7-5-11(6-8-12)9-15-17(22)19(10-16(20)21)13-3-1-2-4-14(13)23-15/h1-9H,10H2,(H,20,21)/b15-9+. The van der Waals surface area contributed by atoms with Crippen molar-refractivity contribution in [3.63, 3.8) is 0 Å². The highest BCUT2D eigenvalue weighted by Gasteiger charge is 2.31. The molecule has 0 fully saturated rings. The third-order valence-corrected chi connectivity index (χ3v) is 3.29. The number of carboxylic acids is 1. The van der Waals surface area contributed by atoms with E-state index in [1.165, 1.54) is 30.3 Å². The second kappa shape index (κ2) is 5.92. The zero-order valence-electron chi connectivity index (χ0n) is 11.9. The average Bonchev–Trinajstić information content (AvgIpc) is 2.53. The van der Waals surface area contributed by atoms with Crippen LogP contribution in [0.2, 0.25) is 0 Å². The Bertz CT molecular complexity index is 798. The Hall–Kier alpha value is -3.15. The maximum atomic E-state index is 13.0. The Labute approximate surface area is 131 Å². The van der Waals surface area contributed by atoms with Crippen LogP contribution >= 0.6 is 0 Å². The summed E-state index contributed by atoms with van der Waals surface area (Å²) >= 11 is 0. The lowest BCUT2D eigenvalue weighted by Crippen LogP contribution is -2.40. The number of amides is 1. The Morgan fingerprint density at radius 3 is 2.57 bits per heavy atom. The van der Waals surface area contributed by atoms with Gasteiger partial charge in [0.2, 0.25) is 0 Å². The van der Waals surface area contributed by atoms with Crippen molar-refractivity contribution < 1.29 is 23.8 Å². The van der Waals surface area contributed by atoms with Crippen LogP contribution in [0.15, 0.2) is 54.3 Å². The Kier molecular flexibility index (Phi) is 3.80. The molecule has 0 atom stereocenters. The molecule has 2 aromatic rings. The maximum absolute atomic E-state index is 13.0. The van der Waals surface area contributed by atoms with Crippen LogP contribution in [0.5, 0.6) is 5.75 Å². The van der Waals surface area contributed by atoms with Crippen LogP contribution in [0.1, 0.15) is 5.56 Å². The van der Waals surface area contributed by atoms with Crippen LogP contribution in [0, 0.1) is 5.82 Å². The molecule has 116 valence electrons. The van der Waals surface area contributed by atoms with Crippen LogP contribution in [-0.4, -0.2) is 23.5 Å². The zero-order valence-corrected chi connectivity index (χ0v) is 11.9. The van der Waals surface area contributed by atoms with Crippen molar-refractivity contribution in [3.8, 4) is 5.75 Å². The van der Waals surface area contributed by atoms with Crippen molar-refractivity contribution >= 4 is 23.6 Å². The van der Waals surface area contributed by atoms with Crippen LogP contribution in [-0.2, 0) is 9.59 Å². The Morgan fingerprint density at radius 2 is 1.87 bits per heavy atom. The highest BCUT2D eigenvalue weighted by Crippen LogP contribution is 2.35. The van der Waals surface area contributed by atoms with Crippen molar-refractivity contribution in [2.75, 3.05) is 11.4 Å². The van der Waals surface area contributed by atoms with Crippen LogP contribution in [0.4, 0.5) is 10.1 Å². The molecule has 0 radical (unpaired) electrons. The molecule has 1 heterocycles. The van der Waals surface area contributed by atoms with Gasteiger partial charge < -0.3 is 9.84 Å². The van der Waals surface area contributed by atoms with E-state index in [0.717, 1.165) is 4.90 Å². The number of halogens is 1. The van der Waals surface area contributed by atoms with Gasteiger partial charge in [0, 0.05) is 0 Å². The molecule has 0 aliphatic carbocycles. The summed E-state index contributed by atoms with van der Waals surface area (Å²) in [6.45, 7) is -0.472. The largest absolute Gasteiger partial charge is 0.480 e. The molecule has 0 bridgehead atoms. The van der Waals surface area contributed by atoms with E-state index < -0.39 is 18.4 Å². The summed E-state index contributed by atoms with van der Waals surface area (Å²) in [5.41, 5.74) is 0.973. The smallest absolute Gasteiger partial charge is 0.323 e. The van der Waals surface area contributed by atoms with E-state index in [2.05, 4.69) is 0 Å². The van der Waals surface area contributed by atoms with Crippen molar-refractivity contribution in [1.82, 2.24) is 0 Å². The molecular formula is C17H12FNO4. The lowest BCUT2D eigenvalue weighted by molar-refractivity contribution is -0.136. The molecule has 0 saturated carbocycles. The predicted molar refractivity (Wildman–Crippen MR) is 81.4 cm³/mol. The van der Waals surface area contributed by atoms with Gasteiger partial charge in [-0.2, -0.15) is 0 Å². The second-order valence-corrected chi connectivity index (χ2v) is 4.91. The first-order valence-corrected chi connectivity index (χ1v) is 6.82. The molecule has 0 aromatic heterocycles. The van der Waals surface area contributed by atoms with Crippen LogP contribution in [0.25, 0.3) is 6.08 Å². The fourth-order valence-electron chi connectivity index (χ4n) is 2.26. The van der Waals surface area contributed by atoms with E-state index in [-0.39, 0.29) is 11.6 Å². The maximum Gasteiger partial charge on any atom is 0.323 e. The summed E-state index contributed by atoms with van der Waals surface area (Å²) in [6.07, 6.45) is 1.45. The average molecular weight is 313 g/mol. The number of fused-ring (bicyclic) bond motifs is 1. The van der Waals surface area contributed by atoms with Gasteiger partial charge in [-0.1, -0.05) is 24.3 Å². The number of hydrogen-bond donors (Lipinski definition) is 1. The number of rotatable bonds is 3. The number of nitrogens with zero attached hydrogens (tertiary/aromatic N) is 1. The first-order chi connectivity index (χ1) is 11.0. The molecule has 2 aromatic carbocycles. The highest BCUT2D eigenvalue weighted by atomic mass is 19.1. The van der Waals surface area contributed by atoms with Gasteiger partial charge in [-0.3, -0.25) is 14.5 Å². The van der Waals surface area contributed by atoms with E-state index in [1.54, 1.807) is 24.3 Å². The Balaban J connectivity index is 2.01. The first-order valence-electron chi connectivity index (χ1n) is 6.82.